The number of unbranched alkanes of at least 4 members (excludes halogenated alkanes) is 12. The van der Waals surface area contributed by atoms with Gasteiger partial charge in [0.25, 0.3) is 0 Å². The SMILES string of the molecule is CCCCCCCCCC[C@H]1CC[C@H](C2C=CC(c3ccc(OCCCCCCCC)cc3)=CC2)CC1. The third-order valence-corrected chi connectivity index (χ3v) is 9.05. The maximum Gasteiger partial charge on any atom is 0.119 e. The highest BCUT2D eigenvalue weighted by Gasteiger charge is 2.26. The lowest BCUT2D eigenvalue weighted by atomic mass is 9.72. The van der Waals surface area contributed by atoms with Crippen molar-refractivity contribution in [2.75, 3.05) is 6.61 Å². The molecule has 1 saturated carbocycles. The second-order valence-electron chi connectivity index (χ2n) is 12.1. The second-order valence-corrected chi connectivity index (χ2v) is 12.1. The lowest BCUT2D eigenvalue weighted by molar-refractivity contribution is 0.218. The van der Waals surface area contributed by atoms with Crippen molar-refractivity contribution in [1.82, 2.24) is 0 Å². The van der Waals surface area contributed by atoms with Gasteiger partial charge in [-0.15, -0.1) is 0 Å². The van der Waals surface area contributed by atoms with E-state index in [4.69, 9.17) is 4.74 Å². The van der Waals surface area contributed by atoms with Crippen molar-refractivity contribution >= 4 is 5.57 Å². The zero-order chi connectivity index (χ0) is 26.0. The molecule has 0 saturated heterocycles. The van der Waals surface area contributed by atoms with Gasteiger partial charge >= 0.3 is 0 Å². The fraction of sp³-hybridized carbons (Fsp3) is 0.722. The molecule has 3 rings (SSSR count). The molecule has 1 unspecified atom stereocenters. The zero-order valence-electron chi connectivity index (χ0n) is 24.5. The Bertz CT molecular complexity index is 749. The summed E-state index contributed by atoms with van der Waals surface area (Å²) in [5.74, 6) is 3.69. The van der Waals surface area contributed by atoms with Gasteiger partial charge in [0.2, 0.25) is 0 Å². The van der Waals surface area contributed by atoms with Gasteiger partial charge in [0.05, 0.1) is 6.61 Å². The van der Waals surface area contributed by atoms with E-state index in [-0.39, 0.29) is 0 Å². The van der Waals surface area contributed by atoms with E-state index >= 15 is 0 Å². The van der Waals surface area contributed by atoms with Crippen LogP contribution >= 0.6 is 0 Å². The highest BCUT2D eigenvalue weighted by atomic mass is 16.5. The van der Waals surface area contributed by atoms with Crippen LogP contribution < -0.4 is 4.74 Å². The molecule has 0 N–H and O–H groups in total. The average molecular weight is 507 g/mol. The van der Waals surface area contributed by atoms with Crippen molar-refractivity contribution in [1.29, 1.82) is 0 Å². The first kappa shape index (κ1) is 30.0. The average Bonchev–Trinajstić information content (AvgIpc) is 2.95. The van der Waals surface area contributed by atoms with Crippen molar-refractivity contribution in [3.63, 3.8) is 0 Å². The Hall–Kier alpha value is -1.50. The predicted molar refractivity (Wildman–Crippen MR) is 163 cm³/mol. The first-order valence-electron chi connectivity index (χ1n) is 16.4. The summed E-state index contributed by atoms with van der Waals surface area (Å²) >= 11 is 0. The predicted octanol–water partition coefficient (Wildman–Crippen LogP) is 11.7. The van der Waals surface area contributed by atoms with Gasteiger partial charge in [0, 0.05) is 0 Å². The van der Waals surface area contributed by atoms with Crippen LogP contribution in [0.5, 0.6) is 5.75 Å². The van der Waals surface area contributed by atoms with E-state index in [0.717, 1.165) is 30.1 Å². The molecule has 0 heterocycles. The summed E-state index contributed by atoms with van der Waals surface area (Å²) in [5, 5.41) is 0. The number of rotatable bonds is 19. The van der Waals surface area contributed by atoms with Crippen LogP contribution in [0.4, 0.5) is 0 Å². The molecule has 1 nitrogen and oxygen atoms in total. The summed E-state index contributed by atoms with van der Waals surface area (Å²) in [6.07, 6.45) is 35.4. The van der Waals surface area contributed by atoms with Gasteiger partial charge in [0.15, 0.2) is 0 Å². The minimum absolute atomic E-state index is 0.757. The van der Waals surface area contributed by atoms with Crippen molar-refractivity contribution in [3.05, 3.63) is 48.1 Å². The fourth-order valence-electron chi connectivity index (χ4n) is 6.49. The molecule has 0 aliphatic heterocycles. The zero-order valence-corrected chi connectivity index (χ0v) is 24.5. The standard InChI is InChI=1S/C36H58O/c1-3-5-7-9-11-12-13-15-17-31-18-20-32(21-19-31)33-22-24-34(25-23-33)35-26-28-36(29-27-35)37-30-16-14-10-8-6-4-2/h22,24-29,31-33H,3-21,23,30H2,1-2H3/t31-,32-,33?. The molecule has 1 heteroatoms. The summed E-state index contributed by atoms with van der Waals surface area (Å²) in [7, 11) is 0. The Morgan fingerprint density at radius 3 is 1.86 bits per heavy atom. The number of benzene rings is 1. The van der Waals surface area contributed by atoms with Crippen molar-refractivity contribution < 1.29 is 4.74 Å². The molecular formula is C36H58O. The highest BCUT2D eigenvalue weighted by Crippen LogP contribution is 2.39. The van der Waals surface area contributed by atoms with Gasteiger partial charge in [-0.3, -0.25) is 0 Å². The van der Waals surface area contributed by atoms with Crippen LogP contribution in [0.25, 0.3) is 5.57 Å². The monoisotopic (exact) mass is 506 g/mol. The number of hydrogen-bond acceptors (Lipinski definition) is 1. The summed E-state index contributed by atoms with van der Waals surface area (Å²) in [4.78, 5) is 0. The third-order valence-electron chi connectivity index (χ3n) is 9.05. The largest absolute Gasteiger partial charge is 0.494 e. The quantitative estimate of drug-likeness (QED) is 0.169. The van der Waals surface area contributed by atoms with Crippen LogP contribution in [-0.2, 0) is 0 Å². The lowest BCUT2D eigenvalue weighted by Gasteiger charge is -2.33. The maximum atomic E-state index is 5.98. The third kappa shape index (κ3) is 11.8. The van der Waals surface area contributed by atoms with Crippen LogP contribution in [0, 0.1) is 17.8 Å². The van der Waals surface area contributed by atoms with Crippen molar-refractivity contribution in [2.45, 2.75) is 142 Å². The minimum Gasteiger partial charge on any atom is -0.494 e. The molecule has 0 spiro atoms. The number of hydrogen-bond donors (Lipinski definition) is 0. The fourth-order valence-corrected chi connectivity index (χ4v) is 6.49. The first-order valence-corrected chi connectivity index (χ1v) is 16.4. The molecular weight excluding hydrogens is 448 g/mol. The molecule has 0 bridgehead atoms. The minimum atomic E-state index is 0.757. The van der Waals surface area contributed by atoms with Gasteiger partial charge in [-0.2, -0.15) is 0 Å². The summed E-state index contributed by atoms with van der Waals surface area (Å²) in [6.45, 7) is 5.42. The molecule has 37 heavy (non-hydrogen) atoms. The van der Waals surface area contributed by atoms with Crippen LogP contribution in [0.3, 0.4) is 0 Å². The van der Waals surface area contributed by atoms with E-state index in [0.29, 0.717) is 0 Å². The Morgan fingerprint density at radius 1 is 0.676 bits per heavy atom. The van der Waals surface area contributed by atoms with E-state index < -0.39 is 0 Å². The van der Waals surface area contributed by atoms with Crippen LogP contribution in [0.1, 0.15) is 148 Å². The van der Waals surface area contributed by atoms with Crippen LogP contribution in [-0.4, -0.2) is 6.61 Å². The van der Waals surface area contributed by atoms with Crippen molar-refractivity contribution in [3.8, 4) is 5.75 Å². The second kappa shape index (κ2) is 18.7. The van der Waals surface area contributed by atoms with E-state index in [1.165, 1.54) is 140 Å². The molecule has 2 aliphatic rings. The molecule has 1 aromatic rings. The molecule has 2 aliphatic carbocycles. The molecule has 208 valence electrons. The Morgan fingerprint density at radius 2 is 1.27 bits per heavy atom. The highest BCUT2D eigenvalue weighted by molar-refractivity contribution is 5.75. The van der Waals surface area contributed by atoms with E-state index in [2.05, 4.69) is 56.3 Å². The van der Waals surface area contributed by atoms with Crippen LogP contribution in [0.2, 0.25) is 0 Å². The molecule has 0 amide bonds. The topological polar surface area (TPSA) is 9.23 Å². The van der Waals surface area contributed by atoms with E-state index in [1.807, 2.05) is 0 Å². The Labute approximate surface area is 230 Å². The van der Waals surface area contributed by atoms with Gasteiger partial charge in [-0.05, 0) is 66.7 Å². The smallest absolute Gasteiger partial charge is 0.119 e. The maximum absolute atomic E-state index is 5.98. The number of allylic oxidation sites excluding steroid dienone is 4. The first-order chi connectivity index (χ1) is 18.3. The Kier molecular flexibility index (Phi) is 15.2. The van der Waals surface area contributed by atoms with Gasteiger partial charge in [-0.1, -0.05) is 147 Å². The summed E-state index contributed by atoms with van der Waals surface area (Å²) in [6, 6.07) is 8.79. The normalized spacial score (nSPS) is 21.7. The van der Waals surface area contributed by atoms with E-state index in [1.54, 1.807) is 0 Å². The number of ether oxygens (including phenoxy) is 1. The molecule has 0 aromatic heterocycles. The molecule has 1 aromatic carbocycles. The summed E-state index contributed by atoms with van der Waals surface area (Å²) < 4.78 is 5.98. The van der Waals surface area contributed by atoms with Crippen molar-refractivity contribution in [2.24, 2.45) is 17.8 Å². The summed E-state index contributed by atoms with van der Waals surface area (Å²) in [5.41, 5.74) is 2.72. The van der Waals surface area contributed by atoms with Gasteiger partial charge in [-0.25, -0.2) is 0 Å². The molecule has 1 fully saturated rings. The lowest BCUT2D eigenvalue weighted by Crippen LogP contribution is -2.21. The van der Waals surface area contributed by atoms with E-state index in [9.17, 15) is 0 Å². The van der Waals surface area contributed by atoms with Gasteiger partial charge < -0.3 is 4.74 Å². The van der Waals surface area contributed by atoms with Gasteiger partial charge in [0.1, 0.15) is 5.75 Å². The Balaban J connectivity index is 1.27. The molecule has 0 radical (unpaired) electrons. The molecule has 1 atom stereocenters. The van der Waals surface area contributed by atoms with Crippen LogP contribution in [0.15, 0.2) is 42.5 Å².